The van der Waals surface area contributed by atoms with Gasteiger partial charge in [0.15, 0.2) is 0 Å². The molecule has 2 heterocycles. The van der Waals surface area contributed by atoms with Crippen molar-refractivity contribution in [3.8, 4) is 0 Å². The van der Waals surface area contributed by atoms with Gasteiger partial charge in [0, 0.05) is 16.6 Å². The standard InChI is InChI=1S/C17H18BNO3/c1-16(2)17(3,4)22-18(21-16)12-8-9-13-14-10(12)6-5-7-11(14)15(20)19-13/h5-9H,1-4H3,(H,19,20). The SMILES string of the molecule is CC1(C)OB(c2ccc3c4c(cccc24)C(=O)N3)OC1(C)C. The van der Waals surface area contributed by atoms with Crippen LogP contribution in [-0.2, 0) is 9.31 Å². The van der Waals surface area contributed by atoms with E-state index in [0.29, 0.717) is 5.56 Å². The molecule has 2 aliphatic heterocycles. The minimum absolute atomic E-state index is 0.0494. The average Bonchev–Trinajstić information content (AvgIpc) is 2.87. The van der Waals surface area contributed by atoms with Crippen LogP contribution in [0, 0.1) is 0 Å². The molecule has 0 spiro atoms. The number of anilines is 1. The molecule has 2 aromatic carbocycles. The van der Waals surface area contributed by atoms with Crippen LogP contribution in [0.1, 0.15) is 38.1 Å². The van der Waals surface area contributed by atoms with E-state index in [1.165, 1.54) is 0 Å². The smallest absolute Gasteiger partial charge is 0.399 e. The van der Waals surface area contributed by atoms with Crippen LogP contribution in [0.3, 0.4) is 0 Å². The summed E-state index contributed by atoms with van der Waals surface area (Å²) >= 11 is 0. The summed E-state index contributed by atoms with van der Waals surface area (Å²) in [4.78, 5) is 12.0. The lowest BCUT2D eigenvalue weighted by Crippen LogP contribution is -2.41. The molecular weight excluding hydrogens is 277 g/mol. The van der Waals surface area contributed by atoms with Crippen molar-refractivity contribution in [3.05, 3.63) is 35.9 Å². The zero-order valence-electron chi connectivity index (χ0n) is 13.2. The Morgan fingerprint density at radius 2 is 1.68 bits per heavy atom. The Bertz CT molecular complexity index is 797. The lowest BCUT2D eigenvalue weighted by Gasteiger charge is -2.32. The highest BCUT2D eigenvalue weighted by Crippen LogP contribution is 2.38. The number of hydrogen-bond acceptors (Lipinski definition) is 3. The van der Waals surface area contributed by atoms with E-state index in [-0.39, 0.29) is 17.1 Å². The molecule has 0 aromatic heterocycles. The van der Waals surface area contributed by atoms with Gasteiger partial charge in [-0.15, -0.1) is 0 Å². The third-order valence-corrected chi connectivity index (χ3v) is 5.07. The van der Waals surface area contributed by atoms with Crippen molar-refractivity contribution in [3.63, 3.8) is 0 Å². The highest BCUT2D eigenvalue weighted by atomic mass is 16.7. The molecular formula is C17H18BNO3. The molecule has 4 rings (SSSR count). The van der Waals surface area contributed by atoms with E-state index in [1.54, 1.807) is 0 Å². The zero-order chi connectivity index (χ0) is 15.7. The lowest BCUT2D eigenvalue weighted by atomic mass is 9.75. The van der Waals surface area contributed by atoms with Gasteiger partial charge in [0.1, 0.15) is 0 Å². The summed E-state index contributed by atoms with van der Waals surface area (Å²) in [5.41, 5.74) is 1.78. The van der Waals surface area contributed by atoms with E-state index in [1.807, 2.05) is 58.0 Å². The highest BCUT2D eigenvalue weighted by molar-refractivity contribution is 6.65. The summed E-state index contributed by atoms with van der Waals surface area (Å²) in [5, 5.41) is 4.87. The molecule has 1 fully saturated rings. The zero-order valence-corrected chi connectivity index (χ0v) is 13.2. The van der Waals surface area contributed by atoms with Crippen molar-refractivity contribution in [1.29, 1.82) is 0 Å². The molecule has 0 unspecified atom stereocenters. The van der Waals surface area contributed by atoms with Crippen molar-refractivity contribution < 1.29 is 14.1 Å². The Morgan fingerprint density at radius 1 is 1.00 bits per heavy atom. The van der Waals surface area contributed by atoms with Crippen LogP contribution in [0.4, 0.5) is 5.69 Å². The second-order valence-corrected chi connectivity index (χ2v) is 6.97. The number of carbonyl (C=O) groups excluding carboxylic acids is 1. The summed E-state index contributed by atoms with van der Waals surface area (Å²) in [5.74, 6) is -0.0494. The maximum absolute atomic E-state index is 12.0. The Labute approximate surface area is 129 Å². The Morgan fingerprint density at radius 3 is 2.36 bits per heavy atom. The molecule has 112 valence electrons. The van der Waals surface area contributed by atoms with E-state index in [2.05, 4.69) is 5.32 Å². The molecule has 1 amide bonds. The van der Waals surface area contributed by atoms with Crippen molar-refractivity contribution >= 4 is 34.9 Å². The van der Waals surface area contributed by atoms with Gasteiger partial charge in [0.25, 0.3) is 5.91 Å². The molecule has 0 bridgehead atoms. The molecule has 0 atom stereocenters. The third-order valence-electron chi connectivity index (χ3n) is 5.07. The molecule has 22 heavy (non-hydrogen) atoms. The molecule has 0 radical (unpaired) electrons. The third kappa shape index (κ3) is 1.69. The fourth-order valence-corrected chi connectivity index (χ4v) is 3.09. The fraction of sp³-hybridized carbons (Fsp3) is 0.353. The molecule has 4 nitrogen and oxygen atoms in total. The van der Waals surface area contributed by atoms with E-state index >= 15 is 0 Å². The second-order valence-electron chi connectivity index (χ2n) is 6.97. The van der Waals surface area contributed by atoms with Crippen molar-refractivity contribution in [2.75, 3.05) is 5.32 Å². The summed E-state index contributed by atoms with van der Waals surface area (Å²) in [6.45, 7) is 8.16. The van der Waals surface area contributed by atoms with E-state index in [4.69, 9.17) is 9.31 Å². The predicted molar refractivity (Wildman–Crippen MR) is 87.6 cm³/mol. The minimum Gasteiger partial charge on any atom is -0.399 e. The first kappa shape index (κ1) is 13.8. The molecule has 0 saturated carbocycles. The molecule has 1 N–H and O–H groups in total. The van der Waals surface area contributed by atoms with Gasteiger partial charge in [-0.05, 0) is 50.7 Å². The van der Waals surface area contributed by atoms with Crippen LogP contribution in [0.15, 0.2) is 30.3 Å². The first-order chi connectivity index (χ1) is 10.3. The average molecular weight is 295 g/mol. The summed E-state index contributed by atoms with van der Waals surface area (Å²) in [6.07, 6.45) is 0. The normalized spacial score (nSPS) is 21.5. The van der Waals surface area contributed by atoms with Gasteiger partial charge in [-0.2, -0.15) is 0 Å². The topological polar surface area (TPSA) is 47.6 Å². The minimum atomic E-state index is -0.426. The maximum Gasteiger partial charge on any atom is 0.495 e. The molecule has 1 saturated heterocycles. The van der Waals surface area contributed by atoms with Crippen LogP contribution in [0.2, 0.25) is 0 Å². The number of rotatable bonds is 1. The van der Waals surface area contributed by atoms with E-state index in [9.17, 15) is 4.79 Å². The van der Waals surface area contributed by atoms with Gasteiger partial charge in [-0.1, -0.05) is 18.2 Å². The van der Waals surface area contributed by atoms with Gasteiger partial charge in [-0.25, -0.2) is 0 Å². The van der Waals surface area contributed by atoms with Gasteiger partial charge in [0.2, 0.25) is 0 Å². The van der Waals surface area contributed by atoms with Crippen molar-refractivity contribution in [2.45, 2.75) is 38.9 Å². The summed E-state index contributed by atoms with van der Waals surface area (Å²) in [6, 6.07) is 9.68. The number of benzene rings is 2. The van der Waals surface area contributed by atoms with Crippen LogP contribution >= 0.6 is 0 Å². The predicted octanol–water partition coefficient (Wildman–Crippen LogP) is 2.70. The number of carbonyl (C=O) groups is 1. The summed E-state index contributed by atoms with van der Waals surface area (Å²) in [7, 11) is -0.426. The number of hydrogen-bond donors (Lipinski definition) is 1. The Hall–Kier alpha value is -1.85. The Balaban J connectivity index is 1.89. The van der Waals surface area contributed by atoms with Crippen molar-refractivity contribution in [1.82, 2.24) is 0 Å². The van der Waals surface area contributed by atoms with Crippen LogP contribution in [-0.4, -0.2) is 24.2 Å². The van der Waals surface area contributed by atoms with Crippen LogP contribution in [0.25, 0.3) is 10.8 Å². The number of nitrogens with one attached hydrogen (secondary N) is 1. The van der Waals surface area contributed by atoms with E-state index in [0.717, 1.165) is 21.9 Å². The second kappa shape index (κ2) is 4.12. The van der Waals surface area contributed by atoms with Crippen LogP contribution < -0.4 is 10.8 Å². The largest absolute Gasteiger partial charge is 0.495 e. The monoisotopic (exact) mass is 295 g/mol. The summed E-state index contributed by atoms with van der Waals surface area (Å²) < 4.78 is 12.3. The van der Waals surface area contributed by atoms with Gasteiger partial charge in [0.05, 0.1) is 11.2 Å². The molecule has 2 aliphatic rings. The molecule has 2 aromatic rings. The number of amides is 1. The van der Waals surface area contributed by atoms with Gasteiger partial charge < -0.3 is 14.6 Å². The van der Waals surface area contributed by atoms with Gasteiger partial charge in [-0.3, -0.25) is 4.79 Å². The highest BCUT2D eigenvalue weighted by Gasteiger charge is 2.52. The quantitative estimate of drug-likeness (QED) is 0.823. The van der Waals surface area contributed by atoms with E-state index < -0.39 is 7.12 Å². The Kier molecular flexibility index (Phi) is 2.58. The van der Waals surface area contributed by atoms with Crippen LogP contribution in [0.5, 0.6) is 0 Å². The van der Waals surface area contributed by atoms with Gasteiger partial charge >= 0.3 is 7.12 Å². The fourth-order valence-electron chi connectivity index (χ4n) is 3.09. The first-order valence-corrected chi connectivity index (χ1v) is 7.53. The lowest BCUT2D eigenvalue weighted by molar-refractivity contribution is 0.00578. The van der Waals surface area contributed by atoms with Crippen molar-refractivity contribution in [2.24, 2.45) is 0 Å². The molecule has 5 heteroatoms. The first-order valence-electron chi connectivity index (χ1n) is 7.53. The molecule has 0 aliphatic carbocycles. The maximum atomic E-state index is 12.0.